The maximum absolute atomic E-state index is 6.36. The van der Waals surface area contributed by atoms with E-state index in [1.807, 2.05) is 0 Å². The maximum atomic E-state index is 6.36. The lowest BCUT2D eigenvalue weighted by Gasteiger charge is -2.57. The number of hydrogen-bond acceptors (Lipinski definition) is 4. The Morgan fingerprint density at radius 1 is 0.446 bits per heavy atom. The molecule has 0 saturated heterocycles. The Hall–Kier alpha value is -6.76. The van der Waals surface area contributed by atoms with Crippen molar-refractivity contribution in [2.24, 2.45) is 17.8 Å². The van der Waals surface area contributed by atoms with Crippen LogP contribution in [0.25, 0.3) is 90.9 Å². The maximum Gasteiger partial charge on any atom is 0.119 e. The quantitative estimate of drug-likeness (QED) is 0.107. The Morgan fingerprint density at radius 2 is 0.831 bits per heavy atom. The van der Waals surface area contributed by atoms with Crippen LogP contribution in [0.1, 0.15) is 80.6 Å². The number of nitrogens with one attached hydrogen (secondary N) is 3. The topological polar surface area (TPSA) is 78.6 Å². The average molecular weight is 850 g/mol. The second-order valence-electron chi connectivity index (χ2n) is 19.2. The SMILES string of the molecule is C1=Cc2nc1c(-c1ccccc1)c1ccc([nH]1)c(-c1ccccc1)c1nc(c(-c3ccc(OCCCCCNC45CC6CC(CC(C6)C4)C5)cc3)c3ccc([nH]3)c2-c2ccccc2)C=C1. The number of benzene rings is 4. The molecule has 13 rings (SSSR count). The number of unbranched alkanes of at least 4 members (excludes halogenated alkanes) is 2. The molecular weight excluding hydrogens is 795 g/mol. The highest BCUT2D eigenvalue weighted by Crippen LogP contribution is 2.55. The number of nitrogens with zero attached hydrogens (tertiary/aromatic N) is 2. The molecule has 4 fully saturated rings. The summed E-state index contributed by atoms with van der Waals surface area (Å²) in [4.78, 5) is 18.6. The predicted octanol–water partition coefficient (Wildman–Crippen LogP) is 14.4. The third kappa shape index (κ3) is 7.84. The Bertz CT molecular complexity index is 3020. The fourth-order valence-corrected chi connectivity index (χ4v) is 12.2. The molecule has 4 aliphatic carbocycles. The molecule has 0 radical (unpaired) electrons. The van der Waals surface area contributed by atoms with E-state index in [9.17, 15) is 0 Å². The summed E-state index contributed by atoms with van der Waals surface area (Å²) in [6, 6.07) is 49.0. The van der Waals surface area contributed by atoms with E-state index in [2.05, 4.69) is 179 Å². The number of aromatic amines is 2. The van der Waals surface area contributed by atoms with Crippen molar-refractivity contribution in [3.8, 4) is 50.3 Å². The second-order valence-corrected chi connectivity index (χ2v) is 19.2. The van der Waals surface area contributed by atoms with E-state index in [1.54, 1.807) is 0 Å². The van der Waals surface area contributed by atoms with Crippen LogP contribution in [0.4, 0.5) is 0 Å². The van der Waals surface area contributed by atoms with Crippen LogP contribution in [0.2, 0.25) is 0 Å². The lowest BCUT2D eigenvalue weighted by Crippen LogP contribution is -2.58. The Labute approximate surface area is 381 Å². The van der Waals surface area contributed by atoms with Crippen LogP contribution >= 0.6 is 0 Å². The Balaban J connectivity index is 0.914. The monoisotopic (exact) mass is 849 g/mol. The van der Waals surface area contributed by atoms with Gasteiger partial charge in [0.15, 0.2) is 0 Å². The van der Waals surface area contributed by atoms with Crippen LogP contribution in [-0.2, 0) is 0 Å². The lowest BCUT2D eigenvalue weighted by atomic mass is 9.53. The van der Waals surface area contributed by atoms with Crippen LogP contribution in [0.5, 0.6) is 5.75 Å². The largest absolute Gasteiger partial charge is 0.494 e. The number of H-pyrrole nitrogens is 2. The Kier molecular flexibility index (Phi) is 10.4. The summed E-state index contributed by atoms with van der Waals surface area (Å²) in [5.41, 5.74) is 16.5. The van der Waals surface area contributed by atoms with Crippen LogP contribution < -0.4 is 10.1 Å². The minimum absolute atomic E-state index is 0.449. The zero-order valence-corrected chi connectivity index (χ0v) is 36.9. The first-order valence-electron chi connectivity index (χ1n) is 23.9. The van der Waals surface area contributed by atoms with E-state index in [1.165, 1.54) is 51.4 Å². The molecule has 4 aromatic carbocycles. The van der Waals surface area contributed by atoms with Crippen molar-refractivity contribution >= 4 is 46.4 Å². The van der Waals surface area contributed by atoms with Crippen molar-refractivity contribution in [1.29, 1.82) is 0 Å². The molecule has 0 amide bonds. The smallest absolute Gasteiger partial charge is 0.119 e. The minimum Gasteiger partial charge on any atom is -0.494 e. The summed E-state index contributed by atoms with van der Waals surface area (Å²) in [5.74, 6) is 3.85. The molecule has 6 nitrogen and oxygen atoms in total. The van der Waals surface area contributed by atoms with Gasteiger partial charge in [-0.3, -0.25) is 0 Å². The predicted molar refractivity (Wildman–Crippen MR) is 269 cm³/mol. The van der Waals surface area contributed by atoms with Crippen molar-refractivity contribution in [1.82, 2.24) is 25.3 Å². The number of fused-ring (bicyclic) bond motifs is 8. The first-order chi connectivity index (χ1) is 32.1. The van der Waals surface area contributed by atoms with Crippen molar-refractivity contribution < 1.29 is 4.74 Å². The normalized spacial score (nSPS) is 20.4. The zero-order chi connectivity index (χ0) is 43.2. The van der Waals surface area contributed by atoms with Gasteiger partial charge in [0.2, 0.25) is 0 Å². The van der Waals surface area contributed by atoms with Gasteiger partial charge in [-0.2, -0.15) is 0 Å². The van der Waals surface area contributed by atoms with Gasteiger partial charge in [-0.25, -0.2) is 9.97 Å². The van der Waals surface area contributed by atoms with Crippen molar-refractivity contribution in [2.45, 2.75) is 63.3 Å². The first-order valence-corrected chi connectivity index (χ1v) is 23.9. The van der Waals surface area contributed by atoms with Gasteiger partial charge in [0.1, 0.15) is 5.75 Å². The fourth-order valence-electron chi connectivity index (χ4n) is 12.2. The van der Waals surface area contributed by atoms with Crippen molar-refractivity contribution in [3.05, 3.63) is 162 Å². The number of hydrogen-bond donors (Lipinski definition) is 3. The van der Waals surface area contributed by atoms with Gasteiger partial charge in [0.05, 0.1) is 29.4 Å². The highest BCUT2D eigenvalue weighted by Gasteiger charge is 2.50. The molecule has 2 aliphatic heterocycles. The van der Waals surface area contributed by atoms with E-state index in [0.717, 1.165) is 132 Å². The summed E-state index contributed by atoms with van der Waals surface area (Å²) >= 11 is 0. The molecule has 3 aromatic heterocycles. The Morgan fingerprint density at radius 3 is 1.23 bits per heavy atom. The van der Waals surface area contributed by atoms with Gasteiger partial charge >= 0.3 is 0 Å². The van der Waals surface area contributed by atoms with Gasteiger partial charge in [0, 0.05) is 49.9 Å². The van der Waals surface area contributed by atoms with Crippen LogP contribution in [0.3, 0.4) is 0 Å². The van der Waals surface area contributed by atoms with Crippen LogP contribution in [-0.4, -0.2) is 38.6 Å². The van der Waals surface area contributed by atoms with Gasteiger partial charge in [-0.15, -0.1) is 0 Å². The lowest BCUT2D eigenvalue weighted by molar-refractivity contribution is -0.0196. The van der Waals surface area contributed by atoms with Crippen LogP contribution in [0, 0.1) is 17.8 Å². The highest BCUT2D eigenvalue weighted by molar-refractivity contribution is 5.99. The van der Waals surface area contributed by atoms with E-state index in [0.29, 0.717) is 5.54 Å². The van der Waals surface area contributed by atoms with Crippen molar-refractivity contribution in [3.63, 3.8) is 0 Å². The van der Waals surface area contributed by atoms with Crippen molar-refractivity contribution in [2.75, 3.05) is 13.2 Å². The average Bonchev–Trinajstić information content (AvgIpc) is 4.18. The highest BCUT2D eigenvalue weighted by atomic mass is 16.5. The molecule has 3 N–H and O–H groups in total. The molecule has 0 atom stereocenters. The molecule has 6 heteroatoms. The molecule has 7 aromatic rings. The number of ether oxygens (including phenoxy) is 1. The van der Waals surface area contributed by atoms with E-state index in [4.69, 9.17) is 14.7 Å². The van der Waals surface area contributed by atoms with Gasteiger partial charge in [-0.1, -0.05) is 103 Å². The fraction of sp³-hybridized carbons (Fsp3) is 0.254. The molecule has 65 heavy (non-hydrogen) atoms. The summed E-state index contributed by atoms with van der Waals surface area (Å²) in [5, 5.41) is 4.08. The molecule has 0 spiro atoms. The standard InChI is InChI=1S/C59H55N5O/c1-5-13-42(14-6-1)55-47-23-25-49(61-47)56(43-15-7-2-8-16-43)51-27-29-53(63-51)58(54-30-28-52(64-54)57(44-17-9-3-10-18-44)50-26-24-48(55)62-50)45-19-21-46(22-20-45)65-32-12-4-11-31-60-59-36-39-33-40(37-59)35-41(34-39)38-59/h1-3,5-10,13-30,39-41,60-61,64H,4,11-12,31-38H2. The molecule has 12 bridgehead atoms. The van der Waals surface area contributed by atoms with Gasteiger partial charge < -0.3 is 20.0 Å². The molecule has 322 valence electrons. The third-order valence-corrected chi connectivity index (χ3v) is 14.7. The minimum atomic E-state index is 0.449. The third-order valence-electron chi connectivity index (χ3n) is 14.7. The van der Waals surface area contributed by atoms with Crippen LogP contribution in [0.15, 0.2) is 140 Å². The zero-order valence-electron chi connectivity index (χ0n) is 36.9. The molecule has 5 heterocycles. The van der Waals surface area contributed by atoms with E-state index in [-0.39, 0.29) is 0 Å². The summed E-state index contributed by atoms with van der Waals surface area (Å²) in [6.07, 6.45) is 20.8. The first kappa shape index (κ1) is 39.8. The summed E-state index contributed by atoms with van der Waals surface area (Å²) in [7, 11) is 0. The van der Waals surface area contributed by atoms with E-state index >= 15 is 0 Å². The summed E-state index contributed by atoms with van der Waals surface area (Å²) in [6.45, 7) is 1.86. The number of rotatable bonds is 12. The molecule has 0 unspecified atom stereocenters. The molecule has 6 aliphatic rings. The second kappa shape index (κ2) is 17.0. The number of aromatic nitrogens is 4. The molecular formula is C59H55N5O. The molecule has 4 saturated carbocycles. The van der Waals surface area contributed by atoms with Gasteiger partial charge in [0.25, 0.3) is 0 Å². The van der Waals surface area contributed by atoms with Gasteiger partial charge in [-0.05, 0) is 165 Å². The van der Waals surface area contributed by atoms with E-state index < -0.39 is 0 Å². The summed E-state index contributed by atoms with van der Waals surface area (Å²) < 4.78 is 6.36.